The largest absolute Gasteiger partial charge is 0.489 e. The van der Waals surface area contributed by atoms with Gasteiger partial charge in [-0.2, -0.15) is 10.4 Å². The molecule has 3 N–H and O–H groups in total. The molecule has 0 atom stereocenters. The van der Waals surface area contributed by atoms with Crippen molar-refractivity contribution in [1.29, 1.82) is 5.26 Å². The number of carbonyl (C=O) groups is 1. The van der Waals surface area contributed by atoms with Crippen molar-refractivity contribution in [3.05, 3.63) is 54.6 Å². The number of hydrogen-bond acceptors (Lipinski definition) is 6. The fourth-order valence-corrected chi connectivity index (χ4v) is 4.02. The van der Waals surface area contributed by atoms with E-state index >= 15 is 0 Å². The highest BCUT2D eigenvalue weighted by molar-refractivity contribution is 5.96. The van der Waals surface area contributed by atoms with Gasteiger partial charge in [0.1, 0.15) is 30.1 Å². The van der Waals surface area contributed by atoms with Crippen LogP contribution >= 0.6 is 0 Å². The van der Waals surface area contributed by atoms with Gasteiger partial charge in [-0.05, 0) is 23.8 Å². The third-order valence-electron chi connectivity index (χ3n) is 5.69. The molecular weight excluding hydrogens is 420 g/mol. The van der Waals surface area contributed by atoms with Gasteiger partial charge in [-0.25, -0.2) is 4.98 Å². The molecule has 5 rings (SSSR count). The molecule has 33 heavy (non-hydrogen) atoms. The number of nitrogens with two attached hydrogens (primary N) is 1. The molecule has 1 aromatic carbocycles. The van der Waals surface area contributed by atoms with Crippen molar-refractivity contribution in [2.75, 3.05) is 13.2 Å². The number of aromatic amines is 1. The Bertz CT molecular complexity index is 1360. The van der Waals surface area contributed by atoms with Crippen molar-refractivity contribution in [2.24, 2.45) is 5.73 Å². The first-order valence-corrected chi connectivity index (χ1v) is 10.7. The standard InChI is InChI=1S/C24H22N6O3/c25-9-16-7-15(1-2-22(16)33-19-3-5-32-6-4-19)21-12-28-24-20(21)8-17(10-27-24)18-11-29-30(13-18)14-23(26)31/h1-2,7-8,10-13,19H,3-6,14H2,(H2,26,31)(H,27,28). The van der Waals surface area contributed by atoms with Crippen molar-refractivity contribution >= 4 is 16.9 Å². The van der Waals surface area contributed by atoms with Crippen molar-refractivity contribution < 1.29 is 14.3 Å². The summed E-state index contributed by atoms with van der Waals surface area (Å²) in [6.45, 7) is 1.37. The molecule has 0 saturated carbocycles. The molecule has 0 aliphatic carbocycles. The zero-order chi connectivity index (χ0) is 22.8. The Morgan fingerprint density at radius 3 is 2.88 bits per heavy atom. The van der Waals surface area contributed by atoms with E-state index in [1.54, 1.807) is 18.6 Å². The lowest BCUT2D eigenvalue weighted by Gasteiger charge is -2.23. The van der Waals surface area contributed by atoms with E-state index in [1.807, 2.05) is 30.5 Å². The van der Waals surface area contributed by atoms with E-state index in [0.29, 0.717) is 24.5 Å². The van der Waals surface area contributed by atoms with Crippen molar-refractivity contribution in [1.82, 2.24) is 19.7 Å². The van der Waals surface area contributed by atoms with Gasteiger partial charge in [0.2, 0.25) is 5.91 Å². The van der Waals surface area contributed by atoms with Crippen LogP contribution in [0.5, 0.6) is 5.75 Å². The molecule has 0 bridgehead atoms. The van der Waals surface area contributed by atoms with E-state index in [4.69, 9.17) is 15.2 Å². The molecule has 4 aromatic rings. The van der Waals surface area contributed by atoms with Crippen LogP contribution in [0.3, 0.4) is 0 Å². The van der Waals surface area contributed by atoms with E-state index in [-0.39, 0.29) is 12.6 Å². The van der Waals surface area contributed by atoms with E-state index in [2.05, 4.69) is 21.1 Å². The summed E-state index contributed by atoms with van der Waals surface area (Å²) in [5, 5.41) is 14.8. The number of H-pyrrole nitrogens is 1. The first kappa shape index (κ1) is 20.7. The molecular formula is C24H22N6O3. The van der Waals surface area contributed by atoms with Crippen LogP contribution in [-0.4, -0.2) is 45.0 Å². The average molecular weight is 442 g/mol. The molecule has 1 saturated heterocycles. The summed E-state index contributed by atoms with van der Waals surface area (Å²) in [7, 11) is 0. The minimum Gasteiger partial charge on any atom is -0.489 e. The van der Waals surface area contributed by atoms with E-state index in [1.165, 1.54) is 4.68 Å². The van der Waals surface area contributed by atoms with Crippen LogP contribution in [0.2, 0.25) is 0 Å². The number of primary amides is 1. The number of fused-ring (bicyclic) bond motifs is 1. The maximum Gasteiger partial charge on any atom is 0.239 e. The van der Waals surface area contributed by atoms with Crippen LogP contribution in [0.1, 0.15) is 18.4 Å². The molecule has 1 amide bonds. The predicted molar refractivity (Wildman–Crippen MR) is 121 cm³/mol. The van der Waals surface area contributed by atoms with Gasteiger partial charge in [0.05, 0.1) is 25.0 Å². The first-order chi connectivity index (χ1) is 16.1. The summed E-state index contributed by atoms with van der Waals surface area (Å²) in [4.78, 5) is 18.9. The van der Waals surface area contributed by atoms with Gasteiger partial charge in [0.25, 0.3) is 0 Å². The van der Waals surface area contributed by atoms with Gasteiger partial charge < -0.3 is 20.2 Å². The number of nitrogens with zero attached hydrogens (tertiary/aromatic N) is 4. The number of ether oxygens (including phenoxy) is 2. The number of amides is 1. The minimum atomic E-state index is -0.455. The molecule has 9 nitrogen and oxygen atoms in total. The maximum atomic E-state index is 11.2. The first-order valence-electron chi connectivity index (χ1n) is 10.7. The van der Waals surface area contributed by atoms with Gasteiger partial charge in [-0.3, -0.25) is 9.48 Å². The molecule has 4 heterocycles. The molecule has 1 aliphatic heterocycles. The lowest BCUT2D eigenvalue weighted by atomic mass is 10.0. The Labute approximate surface area is 189 Å². The summed E-state index contributed by atoms with van der Waals surface area (Å²) in [6.07, 6.45) is 8.77. The predicted octanol–water partition coefficient (Wildman–Crippen LogP) is 3.01. The molecule has 166 valence electrons. The Kier molecular flexibility index (Phi) is 5.50. The lowest BCUT2D eigenvalue weighted by Crippen LogP contribution is -2.26. The van der Waals surface area contributed by atoms with E-state index < -0.39 is 5.91 Å². The highest BCUT2D eigenvalue weighted by Crippen LogP contribution is 2.34. The number of nitriles is 1. The summed E-state index contributed by atoms with van der Waals surface area (Å²) < 4.78 is 13.0. The normalized spacial score (nSPS) is 14.3. The quantitative estimate of drug-likeness (QED) is 0.472. The van der Waals surface area contributed by atoms with Gasteiger partial charge in [0, 0.05) is 53.5 Å². The molecule has 1 aliphatic rings. The average Bonchev–Trinajstić information content (AvgIpc) is 3.46. The topological polar surface area (TPSA) is 132 Å². The van der Waals surface area contributed by atoms with Crippen molar-refractivity contribution in [3.63, 3.8) is 0 Å². The Balaban J connectivity index is 1.47. The third-order valence-corrected chi connectivity index (χ3v) is 5.69. The minimum absolute atomic E-state index is 0.0182. The summed E-state index contributed by atoms with van der Waals surface area (Å²) in [5.74, 6) is 0.136. The monoisotopic (exact) mass is 442 g/mol. The Morgan fingerprint density at radius 1 is 1.24 bits per heavy atom. The highest BCUT2D eigenvalue weighted by atomic mass is 16.5. The number of aromatic nitrogens is 4. The number of hydrogen-bond donors (Lipinski definition) is 2. The summed E-state index contributed by atoms with van der Waals surface area (Å²) in [6, 6.07) is 9.92. The van der Waals surface area contributed by atoms with Crippen LogP contribution in [0.4, 0.5) is 0 Å². The lowest BCUT2D eigenvalue weighted by molar-refractivity contribution is -0.118. The van der Waals surface area contributed by atoms with Gasteiger partial charge in [-0.1, -0.05) is 6.07 Å². The second-order valence-electron chi connectivity index (χ2n) is 7.97. The van der Waals surface area contributed by atoms with Crippen LogP contribution in [0, 0.1) is 11.3 Å². The van der Waals surface area contributed by atoms with Crippen LogP contribution in [0.15, 0.2) is 49.1 Å². The molecule has 3 aromatic heterocycles. The van der Waals surface area contributed by atoms with Crippen molar-refractivity contribution in [2.45, 2.75) is 25.5 Å². The fraction of sp³-hybridized carbons (Fsp3) is 0.250. The van der Waals surface area contributed by atoms with Crippen LogP contribution < -0.4 is 10.5 Å². The number of benzene rings is 1. The maximum absolute atomic E-state index is 11.2. The van der Waals surface area contributed by atoms with E-state index in [0.717, 1.165) is 46.1 Å². The Morgan fingerprint density at radius 2 is 2.09 bits per heavy atom. The summed E-state index contributed by atoms with van der Waals surface area (Å²) >= 11 is 0. The molecule has 1 fully saturated rings. The summed E-state index contributed by atoms with van der Waals surface area (Å²) in [5.41, 5.74) is 9.98. The molecule has 0 unspecified atom stereocenters. The smallest absolute Gasteiger partial charge is 0.239 e. The number of rotatable bonds is 6. The molecule has 9 heteroatoms. The molecule has 0 radical (unpaired) electrons. The zero-order valence-electron chi connectivity index (χ0n) is 17.8. The van der Waals surface area contributed by atoms with Crippen LogP contribution in [0.25, 0.3) is 33.3 Å². The van der Waals surface area contributed by atoms with Crippen molar-refractivity contribution in [3.8, 4) is 34.1 Å². The third kappa shape index (κ3) is 4.29. The number of pyridine rings is 1. The second-order valence-corrected chi connectivity index (χ2v) is 7.97. The van der Waals surface area contributed by atoms with E-state index in [9.17, 15) is 10.1 Å². The Hall–Kier alpha value is -4.16. The van der Waals surface area contributed by atoms with Gasteiger partial charge in [-0.15, -0.1) is 0 Å². The fourth-order valence-electron chi connectivity index (χ4n) is 4.02. The van der Waals surface area contributed by atoms with Gasteiger partial charge in [0.15, 0.2) is 0 Å². The highest BCUT2D eigenvalue weighted by Gasteiger charge is 2.18. The number of nitrogens with one attached hydrogen (secondary N) is 1. The second kappa shape index (κ2) is 8.76. The van der Waals surface area contributed by atoms with Gasteiger partial charge >= 0.3 is 0 Å². The SMILES string of the molecule is N#Cc1cc(-c2c[nH]c3ncc(-c4cnn(CC(N)=O)c4)cc23)ccc1OC1CCOCC1. The zero-order valence-corrected chi connectivity index (χ0v) is 17.8. The molecule has 0 spiro atoms. The number of carbonyl (C=O) groups excluding carboxylic acids is 1. The van der Waals surface area contributed by atoms with Crippen LogP contribution in [-0.2, 0) is 16.1 Å².